The SMILES string of the molecule is CCCCN(c1ccc(CN)cc1)C1CC1. The van der Waals surface area contributed by atoms with Crippen molar-refractivity contribution in [2.24, 2.45) is 5.73 Å². The summed E-state index contributed by atoms with van der Waals surface area (Å²) in [5.74, 6) is 0. The summed E-state index contributed by atoms with van der Waals surface area (Å²) in [6.07, 6.45) is 5.28. The van der Waals surface area contributed by atoms with Gasteiger partial charge in [-0.15, -0.1) is 0 Å². The van der Waals surface area contributed by atoms with E-state index in [4.69, 9.17) is 5.73 Å². The smallest absolute Gasteiger partial charge is 0.0368 e. The van der Waals surface area contributed by atoms with Gasteiger partial charge in [-0.05, 0) is 37.0 Å². The Morgan fingerprint density at radius 3 is 2.44 bits per heavy atom. The standard InChI is InChI=1S/C14H22N2/c1-2-3-10-16(14-8-9-14)13-6-4-12(11-15)5-7-13/h4-7,14H,2-3,8-11,15H2,1H3. The molecule has 1 aromatic carbocycles. The van der Waals surface area contributed by atoms with Crippen LogP contribution in [-0.4, -0.2) is 12.6 Å². The Hall–Kier alpha value is -1.02. The summed E-state index contributed by atoms with van der Waals surface area (Å²) in [5.41, 5.74) is 8.20. The molecule has 0 radical (unpaired) electrons. The molecule has 0 spiro atoms. The quantitative estimate of drug-likeness (QED) is 0.795. The van der Waals surface area contributed by atoms with E-state index >= 15 is 0 Å². The van der Waals surface area contributed by atoms with E-state index in [0.717, 1.165) is 6.04 Å². The number of nitrogens with zero attached hydrogens (tertiary/aromatic N) is 1. The Morgan fingerprint density at radius 1 is 1.25 bits per heavy atom. The third-order valence-electron chi connectivity index (χ3n) is 3.24. The van der Waals surface area contributed by atoms with Gasteiger partial charge >= 0.3 is 0 Å². The van der Waals surface area contributed by atoms with E-state index in [9.17, 15) is 0 Å². The van der Waals surface area contributed by atoms with Crippen LogP contribution in [0.4, 0.5) is 5.69 Å². The van der Waals surface area contributed by atoms with Crippen molar-refractivity contribution in [1.29, 1.82) is 0 Å². The zero-order valence-corrected chi connectivity index (χ0v) is 10.2. The fourth-order valence-corrected chi connectivity index (χ4v) is 2.06. The molecule has 1 fully saturated rings. The molecule has 0 heterocycles. The molecule has 0 aliphatic heterocycles. The van der Waals surface area contributed by atoms with Gasteiger partial charge in [0.1, 0.15) is 0 Å². The molecule has 2 rings (SSSR count). The summed E-state index contributed by atoms with van der Waals surface area (Å²) in [6, 6.07) is 9.54. The number of hydrogen-bond acceptors (Lipinski definition) is 2. The maximum Gasteiger partial charge on any atom is 0.0368 e. The average molecular weight is 218 g/mol. The van der Waals surface area contributed by atoms with Crippen LogP contribution in [0.2, 0.25) is 0 Å². The first kappa shape index (κ1) is 11.5. The molecule has 2 nitrogen and oxygen atoms in total. The van der Waals surface area contributed by atoms with Crippen LogP contribution in [0, 0.1) is 0 Å². The van der Waals surface area contributed by atoms with Crippen LogP contribution in [0.25, 0.3) is 0 Å². The minimum Gasteiger partial charge on any atom is -0.369 e. The van der Waals surface area contributed by atoms with Gasteiger partial charge in [0, 0.05) is 24.8 Å². The van der Waals surface area contributed by atoms with Crippen molar-refractivity contribution in [3.8, 4) is 0 Å². The minimum atomic E-state index is 0.638. The van der Waals surface area contributed by atoms with E-state index in [1.54, 1.807) is 0 Å². The van der Waals surface area contributed by atoms with Gasteiger partial charge in [0.15, 0.2) is 0 Å². The summed E-state index contributed by atoms with van der Waals surface area (Å²) in [4.78, 5) is 2.56. The van der Waals surface area contributed by atoms with Gasteiger partial charge in [0.2, 0.25) is 0 Å². The molecule has 0 bridgehead atoms. The van der Waals surface area contributed by atoms with Gasteiger partial charge in [-0.25, -0.2) is 0 Å². The number of anilines is 1. The van der Waals surface area contributed by atoms with E-state index in [1.165, 1.54) is 43.5 Å². The van der Waals surface area contributed by atoms with Crippen molar-refractivity contribution in [1.82, 2.24) is 0 Å². The van der Waals surface area contributed by atoms with Gasteiger partial charge in [-0.2, -0.15) is 0 Å². The summed E-state index contributed by atoms with van der Waals surface area (Å²) in [6.45, 7) is 4.09. The molecular formula is C14H22N2. The Labute approximate surface area is 98.4 Å². The van der Waals surface area contributed by atoms with Gasteiger partial charge in [-0.3, -0.25) is 0 Å². The maximum atomic E-state index is 5.61. The van der Waals surface area contributed by atoms with E-state index in [0.29, 0.717) is 6.54 Å². The fourth-order valence-electron chi connectivity index (χ4n) is 2.06. The summed E-state index contributed by atoms with van der Waals surface area (Å²) < 4.78 is 0. The first-order valence-corrected chi connectivity index (χ1v) is 6.40. The average Bonchev–Trinajstić information content (AvgIpc) is 3.15. The van der Waals surface area contributed by atoms with Crippen LogP contribution in [0.3, 0.4) is 0 Å². The van der Waals surface area contributed by atoms with Crippen LogP contribution in [-0.2, 0) is 6.54 Å². The number of nitrogens with two attached hydrogens (primary N) is 1. The van der Waals surface area contributed by atoms with Gasteiger partial charge in [0.25, 0.3) is 0 Å². The Kier molecular flexibility index (Phi) is 3.83. The Balaban J connectivity index is 2.05. The topological polar surface area (TPSA) is 29.3 Å². The zero-order valence-electron chi connectivity index (χ0n) is 10.2. The van der Waals surface area contributed by atoms with Crippen molar-refractivity contribution in [2.45, 2.75) is 45.2 Å². The fraction of sp³-hybridized carbons (Fsp3) is 0.571. The van der Waals surface area contributed by atoms with Gasteiger partial charge in [0.05, 0.1) is 0 Å². The van der Waals surface area contributed by atoms with Crippen LogP contribution < -0.4 is 10.6 Å². The second-order valence-corrected chi connectivity index (χ2v) is 4.65. The van der Waals surface area contributed by atoms with Crippen molar-refractivity contribution < 1.29 is 0 Å². The lowest BCUT2D eigenvalue weighted by atomic mass is 10.2. The molecule has 16 heavy (non-hydrogen) atoms. The minimum absolute atomic E-state index is 0.638. The molecule has 2 N–H and O–H groups in total. The molecule has 1 aliphatic carbocycles. The molecule has 0 saturated heterocycles. The third-order valence-corrected chi connectivity index (χ3v) is 3.24. The third kappa shape index (κ3) is 2.76. The lowest BCUT2D eigenvalue weighted by Crippen LogP contribution is -2.26. The first-order valence-electron chi connectivity index (χ1n) is 6.40. The molecule has 0 amide bonds. The molecule has 0 unspecified atom stereocenters. The van der Waals surface area contributed by atoms with Crippen LogP contribution in [0.1, 0.15) is 38.2 Å². The van der Waals surface area contributed by atoms with Crippen molar-refractivity contribution in [2.75, 3.05) is 11.4 Å². The van der Waals surface area contributed by atoms with Crippen LogP contribution >= 0.6 is 0 Å². The second-order valence-electron chi connectivity index (χ2n) is 4.65. The van der Waals surface area contributed by atoms with E-state index < -0.39 is 0 Å². The highest BCUT2D eigenvalue weighted by molar-refractivity contribution is 5.49. The highest BCUT2D eigenvalue weighted by atomic mass is 15.2. The molecule has 1 aliphatic rings. The van der Waals surface area contributed by atoms with Gasteiger partial charge < -0.3 is 10.6 Å². The van der Waals surface area contributed by atoms with Crippen molar-refractivity contribution in [3.63, 3.8) is 0 Å². The number of benzene rings is 1. The molecule has 1 saturated carbocycles. The van der Waals surface area contributed by atoms with E-state index in [1.807, 2.05) is 0 Å². The number of unbranched alkanes of at least 4 members (excludes halogenated alkanes) is 1. The molecule has 0 aromatic heterocycles. The second kappa shape index (κ2) is 5.35. The zero-order chi connectivity index (χ0) is 11.4. The molecular weight excluding hydrogens is 196 g/mol. The summed E-state index contributed by atoms with van der Waals surface area (Å²) >= 11 is 0. The highest BCUT2D eigenvalue weighted by Gasteiger charge is 2.28. The predicted octanol–water partition coefficient (Wildman–Crippen LogP) is 2.91. The lowest BCUT2D eigenvalue weighted by Gasteiger charge is -2.24. The van der Waals surface area contributed by atoms with E-state index in [-0.39, 0.29) is 0 Å². The summed E-state index contributed by atoms with van der Waals surface area (Å²) in [5, 5.41) is 0. The van der Waals surface area contributed by atoms with Crippen LogP contribution in [0.15, 0.2) is 24.3 Å². The molecule has 1 aromatic rings. The Bertz CT molecular complexity index is 314. The molecule has 88 valence electrons. The number of hydrogen-bond donors (Lipinski definition) is 1. The highest BCUT2D eigenvalue weighted by Crippen LogP contribution is 2.31. The van der Waals surface area contributed by atoms with Crippen molar-refractivity contribution in [3.05, 3.63) is 29.8 Å². The monoisotopic (exact) mass is 218 g/mol. The largest absolute Gasteiger partial charge is 0.369 e. The Morgan fingerprint density at radius 2 is 1.94 bits per heavy atom. The van der Waals surface area contributed by atoms with Gasteiger partial charge in [-0.1, -0.05) is 25.5 Å². The maximum absolute atomic E-state index is 5.61. The lowest BCUT2D eigenvalue weighted by molar-refractivity contribution is 0.713. The molecule has 2 heteroatoms. The molecule has 0 atom stereocenters. The van der Waals surface area contributed by atoms with Crippen LogP contribution in [0.5, 0.6) is 0 Å². The predicted molar refractivity (Wildman–Crippen MR) is 69.6 cm³/mol. The normalized spacial score (nSPS) is 15.1. The number of rotatable bonds is 6. The van der Waals surface area contributed by atoms with Crippen molar-refractivity contribution >= 4 is 5.69 Å². The van der Waals surface area contributed by atoms with E-state index in [2.05, 4.69) is 36.1 Å². The first-order chi connectivity index (χ1) is 7.85. The summed E-state index contributed by atoms with van der Waals surface area (Å²) in [7, 11) is 0.